The molecule has 0 saturated heterocycles. The molecule has 0 spiro atoms. The molecule has 3 aromatic carbocycles. The molecule has 0 heterocycles. The van der Waals surface area contributed by atoms with Gasteiger partial charge in [-0.1, -0.05) is 54.1 Å². The number of hydrogen-bond acceptors (Lipinski definition) is 3. The van der Waals surface area contributed by atoms with Crippen molar-refractivity contribution in [3.05, 3.63) is 94.0 Å². The van der Waals surface area contributed by atoms with Gasteiger partial charge < -0.3 is 10.1 Å². The summed E-state index contributed by atoms with van der Waals surface area (Å²) < 4.78 is 5.80. The zero-order valence-electron chi connectivity index (χ0n) is 17.1. The maximum Gasteiger partial charge on any atom is 0.224 e. The van der Waals surface area contributed by atoms with E-state index in [-0.39, 0.29) is 18.1 Å². The van der Waals surface area contributed by atoms with Crippen LogP contribution in [0.3, 0.4) is 0 Å². The number of carbonyl (C=O) groups is 2. The first-order chi connectivity index (χ1) is 14.5. The van der Waals surface area contributed by atoms with E-state index in [2.05, 4.69) is 5.32 Å². The number of rotatable bonds is 8. The number of nitrogens with one attached hydrogen (secondary N) is 1. The molecule has 1 N–H and O–H groups in total. The van der Waals surface area contributed by atoms with Gasteiger partial charge in [0.05, 0.1) is 12.3 Å². The molecule has 0 saturated carbocycles. The van der Waals surface area contributed by atoms with Gasteiger partial charge in [-0.05, 0) is 55.7 Å². The largest absolute Gasteiger partial charge is 0.493 e. The van der Waals surface area contributed by atoms with Crippen molar-refractivity contribution in [3.8, 4) is 5.75 Å². The van der Waals surface area contributed by atoms with Gasteiger partial charge in [0, 0.05) is 22.6 Å². The van der Waals surface area contributed by atoms with Crippen molar-refractivity contribution in [2.75, 3.05) is 11.9 Å². The van der Waals surface area contributed by atoms with Gasteiger partial charge in [-0.25, -0.2) is 0 Å². The zero-order valence-corrected chi connectivity index (χ0v) is 17.8. The third kappa shape index (κ3) is 5.49. The van der Waals surface area contributed by atoms with E-state index in [0.717, 1.165) is 11.3 Å². The topological polar surface area (TPSA) is 55.4 Å². The van der Waals surface area contributed by atoms with Crippen LogP contribution in [0.1, 0.15) is 39.9 Å². The number of halogens is 1. The lowest BCUT2D eigenvalue weighted by atomic mass is 10.0. The van der Waals surface area contributed by atoms with Gasteiger partial charge in [0.15, 0.2) is 5.78 Å². The number of ether oxygens (including phenoxy) is 1. The van der Waals surface area contributed by atoms with Gasteiger partial charge in [-0.2, -0.15) is 0 Å². The summed E-state index contributed by atoms with van der Waals surface area (Å²) in [5, 5.41) is 3.27. The van der Waals surface area contributed by atoms with E-state index in [4.69, 9.17) is 16.3 Å². The normalized spacial score (nSPS) is 10.5. The molecular formula is C25H24ClNO3. The summed E-state index contributed by atoms with van der Waals surface area (Å²) in [6.07, 6.45) is 0.848. The zero-order chi connectivity index (χ0) is 21.5. The number of aryl methyl sites for hydroxylation is 1. The molecule has 3 aromatic rings. The van der Waals surface area contributed by atoms with Crippen LogP contribution in [0.25, 0.3) is 0 Å². The van der Waals surface area contributed by atoms with Crippen LogP contribution in [0, 0.1) is 13.8 Å². The van der Waals surface area contributed by atoms with Crippen molar-refractivity contribution < 1.29 is 14.3 Å². The molecule has 3 rings (SSSR count). The summed E-state index contributed by atoms with van der Waals surface area (Å²) in [6, 6.07) is 19.7. The van der Waals surface area contributed by atoms with E-state index >= 15 is 0 Å². The molecule has 0 aromatic heterocycles. The first kappa shape index (κ1) is 21.6. The van der Waals surface area contributed by atoms with Crippen molar-refractivity contribution >= 4 is 29.0 Å². The predicted octanol–water partition coefficient (Wildman–Crippen LogP) is 5.99. The number of amides is 1. The van der Waals surface area contributed by atoms with Crippen LogP contribution in [0.2, 0.25) is 5.02 Å². The average Bonchev–Trinajstić information content (AvgIpc) is 2.75. The summed E-state index contributed by atoms with van der Waals surface area (Å²) in [6.45, 7) is 4.49. The predicted molar refractivity (Wildman–Crippen MR) is 121 cm³/mol. The molecule has 30 heavy (non-hydrogen) atoms. The second-order valence-corrected chi connectivity index (χ2v) is 7.52. The molecule has 1 amide bonds. The Morgan fingerprint density at radius 2 is 1.73 bits per heavy atom. The van der Waals surface area contributed by atoms with Crippen LogP contribution in [-0.2, 0) is 4.79 Å². The second kappa shape index (κ2) is 10.1. The van der Waals surface area contributed by atoms with Crippen molar-refractivity contribution in [2.45, 2.75) is 26.7 Å². The van der Waals surface area contributed by atoms with Gasteiger partial charge in [0.1, 0.15) is 5.75 Å². The quantitative estimate of drug-likeness (QED) is 0.359. The highest BCUT2D eigenvalue weighted by Crippen LogP contribution is 2.24. The maximum atomic E-state index is 12.8. The minimum Gasteiger partial charge on any atom is -0.493 e. The van der Waals surface area contributed by atoms with Gasteiger partial charge in [0.2, 0.25) is 5.91 Å². The molecule has 0 atom stereocenters. The molecule has 0 radical (unpaired) electrons. The van der Waals surface area contributed by atoms with Crippen LogP contribution < -0.4 is 10.1 Å². The fourth-order valence-electron chi connectivity index (χ4n) is 3.07. The number of hydrogen-bond donors (Lipinski definition) is 1. The molecule has 0 bridgehead atoms. The molecule has 0 unspecified atom stereocenters. The maximum absolute atomic E-state index is 12.8. The monoisotopic (exact) mass is 421 g/mol. The van der Waals surface area contributed by atoms with E-state index in [0.29, 0.717) is 34.9 Å². The van der Waals surface area contributed by atoms with Crippen molar-refractivity contribution in [1.82, 2.24) is 0 Å². The number of carbonyl (C=O) groups excluding carboxylic acids is 2. The van der Waals surface area contributed by atoms with E-state index in [9.17, 15) is 9.59 Å². The molecule has 0 aliphatic carbocycles. The van der Waals surface area contributed by atoms with Crippen molar-refractivity contribution in [2.24, 2.45) is 0 Å². The van der Waals surface area contributed by atoms with E-state index in [1.54, 1.807) is 42.5 Å². The summed E-state index contributed by atoms with van der Waals surface area (Å²) >= 11 is 6.09. The highest BCUT2D eigenvalue weighted by Gasteiger charge is 2.16. The third-order valence-corrected chi connectivity index (χ3v) is 5.13. The molecular weight excluding hydrogens is 398 g/mol. The first-order valence-corrected chi connectivity index (χ1v) is 10.2. The van der Waals surface area contributed by atoms with Gasteiger partial charge in [-0.3, -0.25) is 9.59 Å². The number of anilines is 1. The fraction of sp³-hybridized carbons (Fsp3) is 0.200. The van der Waals surface area contributed by atoms with Crippen LogP contribution in [0.4, 0.5) is 5.69 Å². The molecule has 0 aliphatic rings. The summed E-state index contributed by atoms with van der Waals surface area (Å²) in [7, 11) is 0. The SMILES string of the molecule is Cc1cccc(OCCCC(=O)Nc2ccc(Cl)cc2C(=O)c2ccccc2)c1C. The highest BCUT2D eigenvalue weighted by molar-refractivity contribution is 6.31. The van der Waals surface area contributed by atoms with Crippen molar-refractivity contribution in [3.63, 3.8) is 0 Å². The minimum absolute atomic E-state index is 0.177. The Balaban J connectivity index is 1.60. The molecule has 0 aliphatic heterocycles. The van der Waals surface area contributed by atoms with Crippen LogP contribution in [0.5, 0.6) is 5.75 Å². The van der Waals surface area contributed by atoms with Crippen LogP contribution in [0.15, 0.2) is 66.7 Å². The first-order valence-electron chi connectivity index (χ1n) is 9.84. The van der Waals surface area contributed by atoms with Crippen molar-refractivity contribution in [1.29, 1.82) is 0 Å². The summed E-state index contributed by atoms with van der Waals surface area (Å²) in [5.41, 5.74) is 3.63. The highest BCUT2D eigenvalue weighted by atomic mass is 35.5. The minimum atomic E-state index is -0.188. The van der Waals surface area contributed by atoms with E-state index in [1.165, 1.54) is 5.56 Å². The average molecular weight is 422 g/mol. The molecule has 154 valence electrons. The third-order valence-electron chi connectivity index (χ3n) is 4.90. The van der Waals surface area contributed by atoms with Gasteiger partial charge in [0.25, 0.3) is 0 Å². The molecule has 4 nitrogen and oxygen atoms in total. The van der Waals surface area contributed by atoms with E-state index < -0.39 is 0 Å². The van der Waals surface area contributed by atoms with Gasteiger partial charge in [-0.15, -0.1) is 0 Å². The lowest BCUT2D eigenvalue weighted by Crippen LogP contribution is -2.16. The number of ketones is 1. The Morgan fingerprint density at radius 1 is 0.967 bits per heavy atom. The Bertz CT molecular complexity index is 1050. The van der Waals surface area contributed by atoms with Crippen LogP contribution in [-0.4, -0.2) is 18.3 Å². The lowest BCUT2D eigenvalue weighted by molar-refractivity contribution is -0.116. The number of benzene rings is 3. The van der Waals surface area contributed by atoms with E-state index in [1.807, 2.05) is 38.1 Å². The molecule has 0 fully saturated rings. The Labute approximate surface area is 181 Å². The molecule has 5 heteroatoms. The Hall–Kier alpha value is -3.11. The van der Waals surface area contributed by atoms with Gasteiger partial charge >= 0.3 is 0 Å². The fourth-order valence-corrected chi connectivity index (χ4v) is 3.24. The Kier molecular flexibility index (Phi) is 7.26. The second-order valence-electron chi connectivity index (χ2n) is 7.08. The lowest BCUT2D eigenvalue weighted by Gasteiger charge is -2.12. The summed E-state index contributed by atoms with van der Waals surface area (Å²) in [5.74, 6) is 0.472. The van der Waals surface area contributed by atoms with Crippen LogP contribution >= 0.6 is 11.6 Å². The standard InChI is InChI=1S/C25H24ClNO3/c1-17-8-6-11-23(18(17)2)30-15-7-12-24(28)27-22-14-13-20(26)16-21(22)25(29)19-9-4-3-5-10-19/h3-6,8-11,13-14,16H,7,12,15H2,1-2H3,(H,27,28). The summed E-state index contributed by atoms with van der Waals surface area (Å²) in [4.78, 5) is 25.3. The Morgan fingerprint density at radius 3 is 2.50 bits per heavy atom. The smallest absolute Gasteiger partial charge is 0.224 e.